The van der Waals surface area contributed by atoms with Crippen LogP contribution < -0.4 is 0 Å². The lowest BCUT2D eigenvalue weighted by Crippen LogP contribution is -2.31. The number of carbonyl (C=O) groups is 1. The van der Waals surface area contributed by atoms with E-state index < -0.39 is 0 Å². The minimum Gasteiger partial charge on any atom is -0.341 e. The largest absolute Gasteiger partial charge is 0.341 e. The van der Waals surface area contributed by atoms with Crippen LogP contribution in [0.2, 0.25) is 0 Å². The Morgan fingerprint density at radius 2 is 2.05 bits per heavy atom. The van der Waals surface area contributed by atoms with E-state index in [0.29, 0.717) is 12.6 Å². The number of aromatic nitrogens is 2. The molecule has 0 aliphatic carbocycles. The summed E-state index contributed by atoms with van der Waals surface area (Å²) in [6.07, 6.45) is 3.72. The molecule has 0 aromatic carbocycles. The fourth-order valence-electron chi connectivity index (χ4n) is 2.08. The molecule has 0 radical (unpaired) electrons. The summed E-state index contributed by atoms with van der Waals surface area (Å²) < 4.78 is 0. The van der Waals surface area contributed by atoms with Crippen LogP contribution in [0.5, 0.6) is 0 Å². The average molecular weight is 280 g/mol. The van der Waals surface area contributed by atoms with Gasteiger partial charge in [-0.05, 0) is 27.4 Å². The van der Waals surface area contributed by atoms with Crippen molar-refractivity contribution in [3.8, 4) is 0 Å². The second-order valence-corrected chi connectivity index (χ2v) is 6.70. The molecule has 1 unspecified atom stereocenters. The number of hydrogen-bond acceptors (Lipinski definition) is 3. The number of nitrogens with one attached hydrogen (secondary N) is 1. The van der Waals surface area contributed by atoms with Crippen LogP contribution in [-0.2, 0) is 16.8 Å². The van der Waals surface area contributed by atoms with Crippen molar-refractivity contribution >= 4 is 6.41 Å². The number of carbonyl (C=O) groups excluding carboxylic acids is 1. The van der Waals surface area contributed by atoms with Crippen LogP contribution in [0.3, 0.4) is 0 Å². The lowest BCUT2D eigenvalue weighted by molar-refractivity contribution is -0.118. The Morgan fingerprint density at radius 1 is 1.40 bits per heavy atom. The van der Waals surface area contributed by atoms with Crippen molar-refractivity contribution in [2.24, 2.45) is 0 Å². The van der Waals surface area contributed by atoms with Crippen molar-refractivity contribution in [3.05, 3.63) is 17.5 Å². The molecule has 0 fully saturated rings. The van der Waals surface area contributed by atoms with Crippen LogP contribution in [0.1, 0.15) is 45.4 Å². The van der Waals surface area contributed by atoms with E-state index in [1.165, 1.54) is 0 Å². The van der Waals surface area contributed by atoms with Crippen LogP contribution >= 0.6 is 0 Å². The molecule has 1 N–H and O–H groups in total. The Bertz CT molecular complexity index is 420. The van der Waals surface area contributed by atoms with E-state index in [4.69, 9.17) is 0 Å². The Labute approximate surface area is 122 Å². The molecule has 0 bridgehead atoms. The van der Waals surface area contributed by atoms with Gasteiger partial charge in [-0.1, -0.05) is 20.8 Å². The molecule has 20 heavy (non-hydrogen) atoms. The van der Waals surface area contributed by atoms with Crippen molar-refractivity contribution in [2.45, 2.75) is 52.1 Å². The molecule has 1 heterocycles. The standard InChI is InChI=1S/C15H28N4O/c1-12(18(5)6)7-8-19(11-20)10-13-9-16-17-14(13)15(2,3)4/h9,11-12H,7-8,10H2,1-6H3,(H,16,17). The zero-order chi connectivity index (χ0) is 15.3. The highest BCUT2D eigenvalue weighted by Crippen LogP contribution is 2.24. The molecular weight excluding hydrogens is 252 g/mol. The molecule has 1 atom stereocenters. The average Bonchev–Trinajstić information content (AvgIpc) is 2.81. The van der Waals surface area contributed by atoms with Crippen LogP contribution in [0.15, 0.2) is 6.20 Å². The number of hydrogen-bond donors (Lipinski definition) is 1. The molecule has 5 heteroatoms. The van der Waals surface area contributed by atoms with Crippen molar-refractivity contribution in [1.82, 2.24) is 20.0 Å². The first kappa shape index (κ1) is 16.7. The highest BCUT2D eigenvalue weighted by Gasteiger charge is 2.21. The lowest BCUT2D eigenvalue weighted by Gasteiger charge is -2.25. The van der Waals surface area contributed by atoms with Gasteiger partial charge in [-0.3, -0.25) is 9.89 Å². The monoisotopic (exact) mass is 280 g/mol. The summed E-state index contributed by atoms with van der Waals surface area (Å²) in [5.41, 5.74) is 2.21. The summed E-state index contributed by atoms with van der Waals surface area (Å²) in [6.45, 7) is 9.97. The topological polar surface area (TPSA) is 52.2 Å². The van der Waals surface area contributed by atoms with Crippen LogP contribution in [0, 0.1) is 0 Å². The van der Waals surface area contributed by atoms with Gasteiger partial charge in [-0.15, -0.1) is 0 Å². The predicted molar refractivity (Wildman–Crippen MR) is 81.5 cm³/mol. The second kappa shape index (κ2) is 6.88. The smallest absolute Gasteiger partial charge is 0.210 e. The number of amides is 1. The minimum absolute atomic E-state index is 0.0112. The van der Waals surface area contributed by atoms with Crippen LogP contribution in [-0.4, -0.2) is 53.1 Å². The van der Waals surface area contributed by atoms with Gasteiger partial charge in [0.25, 0.3) is 0 Å². The van der Waals surface area contributed by atoms with Gasteiger partial charge >= 0.3 is 0 Å². The Morgan fingerprint density at radius 3 is 2.55 bits per heavy atom. The molecule has 0 saturated heterocycles. The molecule has 0 saturated carbocycles. The van der Waals surface area contributed by atoms with Gasteiger partial charge in [0.15, 0.2) is 0 Å². The van der Waals surface area contributed by atoms with Gasteiger partial charge in [0.1, 0.15) is 0 Å². The highest BCUT2D eigenvalue weighted by atomic mass is 16.1. The fourth-order valence-corrected chi connectivity index (χ4v) is 2.08. The number of aromatic amines is 1. The Hall–Kier alpha value is -1.36. The molecule has 0 aliphatic heterocycles. The maximum absolute atomic E-state index is 11.3. The summed E-state index contributed by atoms with van der Waals surface area (Å²) in [5, 5.41) is 7.18. The van der Waals surface area contributed by atoms with Crippen molar-refractivity contribution in [1.29, 1.82) is 0 Å². The Balaban J connectivity index is 2.66. The number of H-pyrrole nitrogens is 1. The summed E-state index contributed by atoms with van der Waals surface area (Å²) >= 11 is 0. The zero-order valence-corrected chi connectivity index (χ0v) is 13.6. The number of rotatable bonds is 7. The van der Waals surface area contributed by atoms with Gasteiger partial charge in [0.05, 0.1) is 6.20 Å². The van der Waals surface area contributed by atoms with E-state index in [9.17, 15) is 4.79 Å². The zero-order valence-electron chi connectivity index (χ0n) is 13.6. The molecule has 1 aromatic heterocycles. The third-order valence-corrected chi connectivity index (χ3v) is 3.71. The first-order valence-electron chi connectivity index (χ1n) is 7.14. The molecule has 114 valence electrons. The van der Waals surface area contributed by atoms with E-state index in [0.717, 1.165) is 30.6 Å². The van der Waals surface area contributed by atoms with Crippen LogP contribution in [0.4, 0.5) is 0 Å². The molecule has 1 rings (SSSR count). The number of nitrogens with zero attached hydrogens (tertiary/aromatic N) is 3. The van der Waals surface area contributed by atoms with E-state index >= 15 is 0 Å². The summed E-state index contributed by atoms with van der Waals surface area (Å²) in [6, 6.07) is 0.462. The molecular formula is C15H28N4O. The first-order chi connectivity index (χ1) is 9.25. The highest BCUT2D eigenvalue weighted by molar-refractivity contribution is 5.47. The lowest BCUT2D eigenvalue weighted by atomic mass is 9.89. The fraction of sp³-hybridized carbons (Fsp3) is 0.733. The summed E-state index contributed by atoms with van der Waals surface area (Å²) in [7, 11) is 4.12. The van der Waals surface area contributed by atoms with Crippen LogP contribution in [0.25, 0.3) is 0 Å². The predicted octanol–water partition coefficient (Wildman–Crippen LogP) is 2.01. The van der Waals surface area contributed by atoms with Gasteiger partial charge in [-0.25, -0.2) is 0 Å². The second-order valence-electron chi connectivity index (χ2n) is 6.70. The van der Waals surface area contributed by atoms with E-state index in [2.05, 4.69) is 56.9 Å². The summed E-state index contributed by atoms with van der Waals surface area (Å²) in [5.74, 6) is 0. The molecule has 1 amide bonds. The SMILES string of the molecule is CC(CCN(C=O)Cc1cn[nH]c1C(C)(C)C)N(C)C. The van der Waals surface area contributed by atoms with Crippen molar-refractivity contribution in [2.75, 3.05) is 20.6 Å². The van der Waals surface area contributed by atoms with Gasteiger partial charge in [-0.2, -0.15) is 5.10 Å². The minimum atomic E-state index is 0.0112. The van der Waals surface area contributed by atoms with Gasteiger partial charge in [0.2, 0.25) is 6.41 Å². The quantitative estimate of drug-likeness (QED) is 0.777. The third-order valence-electron chi connectivity index (χ3n) is 3.71. The molecule has 0 spiro atoms. The van der Waals surface area contributed by atoms with Gasteiger partial charge in [0, 0.05) is 35.8 Å². The summed E-state index contributed by atoms with van der Waals surface area (Å²) in [4.78, 5) is 15.2. The molecule has 5 nitrogen and oxygen atoms in total. The van der Waals surface area contributed by atoms with E-state index in [1.54, 1.807) is 0 Å². The third kappa shape index (κ3) is 4.63. The van der Waals surface area contributed by atoms with E-state index in [-0.39, 0.29) is 5.41 Å². The van der Waals surface area contributed by atoms with Crippen molar-refractivity contribution in [3.63, 3.8) is 0 Å². The van der Waals surface area contributed by atoms with E-state index in [1.807, 2.05) is 11.1 Å². The Kier molecular flexibility index (Phi) is 5.74. The molecule has 1 aromatic rings. The maximum Gasteiger partial charge on any atom is 0.210 e. The van der Waals surface area contributed by atoms with Gasteiger partial charge < -0.3 is 9.80 Å². The normalized spacial score (nSPS) is 13.6. The maximum atomic E-state index is 11.3. The molecule has 0 aliphatic rings. The first-order valence-corrected chi connectivity index (χ1v) is 7.14. The van der Waals surface area contributed by atoms with Crippen molar-refractivity contribution < 1.29 is 4.79 Å².